The summed E-state index contributed by atoms with van der Waals surface area (Å²) < 4.78 is 25.8. The molecule has 0 amide bonds. The Morgan fingerprint density at radius 3 is 1.75 bits per heavy atom. The first-order valence-corrected chi connectivity index (χ1v) is 8.03. The number of unbranched alkanes of at least 4 members (excludes halogenated alkanes) is 7. The van der Waals surface area contributed by atoms with E-state index in [0.29, 0.717) is 0 Å². The summed E-state index contributed by atoms with van der Waals surface area (Å²) in [6, 6.07) is 0. The summed E-state index contributed by atoms with van der Waals surface area (Å²) in [6.07, 6.45) is 9.15. The van der Waals surface area contributed by atoms with Gasteiger partial charge in [-0.15, -0.1) is 0 Å². The lowest BCUT2D eigenvalue weighted by Gasteiger charge is -2.08. The summed E-state index contributed by atoms with van der Waals surface area (Å²) in [7, 11) is 0. The Hall–Kier alpha value is 1.03. The molecule has 0 fully saturated rings. The Kier molecular flexibility index (Phi) is 11.9. The van der Waals surface area contributed by atoms with Crippen molar-refractivity contribution in [2.45, 2.75) is 55.5 Å². The Morgan fingerprint density at radius 1 is 0.875 bits per heavy atom. The normalized spacial score (nSPS) is 12.0. The molecule has 0 radical (unpaired) electrons. The molecular weight excluding hydrogens is 393 g/mol. The largest absolute Gasteiger partial charge is 0.407 e. The van der Waals surface area contributed by atoms with Gasteiger partial charge in [-0.1, -0.05) is 54.5 Å². The van der Waals surface area contributed by atoms with Crippen molar-refractivity contribution in [2.24, 2.45) is 0 Å². The van der Waals surface area contributed by atoms with Crippen LogP contribution in [0.2, 0.25) is 0 Å². The lowest BCUT2D eigenvalue weighted by Crippen LogP contribution is -2.11. The fraction of sp³-hybridized carbons (Fsp3) is 1.00. The third-order valence-corrected chi connectivity index (χ3v) is 3.17. The van der Waals surface area contributed by atoms with Gasteiger partial charge in [0.05, 0.1) is 6.61 Å². The zero-order valence-corrected chi connectivity index (χ0v) is 13.2. The van der Waals surface area contributed by atoms with Gasteiger partial charge >= 0.3 is 4.12 Å². The predicted molar refractivity (Wildman–Crippen MR) is 75.6 cm³/mol. The van der Waals surface area contributed by atoms with Gasteiger partial charge in [0, 0.05) is 27.9 Å². The Labute approximate surface area is 119 Å². The zero-order chi connectivity index (χ0) is 12.3. The van der Waals surface area contributed by atoms with Crippen LogP contribution in [-0.4, -0.2) is 16.1 Å². The molecule has 16 heavy (non-hydrogen) atoms. The molecule has 0 aliphatic carbocycles. The fourth-order valence-corrected chi connectivity index (χ4v) is 2.06. The van der Waals surface area contributed by atoms with Gasteiger partial charge in [-0.25, -0.2) is 0 Å². The van der Waals surface area contributed by atoms with Crippen LogP contribution < -0.4 is 0 Å². The van der Waals surface area contributed by atoms with Crippen LogP contribution in [0.4, 0.5) is 8.78 Å². The summed E-state index contributed by atoms with van der Waals surface area (Å²) in [4.78, 5) is 0. The van der Waals surface area contributed by atoms with Crippen molar-refractivity contribution in [1.82, 2.24) is 0 Å². The molecule has 0 heterocycles. The van der Waals surface area contributed by atoms with Gasteiger partial charge in [-0.2, -0.15) is 8.78 Å². The van der Waals surface area contributed by atoms with Gasteiger partial charge in [0.1, 0.15) is 0 Å². The monoisotopic (exact) mass is 412 g/mol. The van der Waals surface area contributed by atoms with E-state index in [1.807, 2.05) is 0 Å². The maximum atomic E-state index is 12.2. The molecule has 98 valence electrons. The molecule has 0 spiro atoms. The number of hydrogen-bond donors (Lipinski definition) is 0. The van der Waals surface area contributed by atoms with Crippen molar-refractivity contribution in [3.63, 3.8) is 0 Å². The topological polar surface area (TPSA) is 9.23 Å². The van der Waals surface area contributed by atoms with Gasteiger partial charge in [0.15, 0.2) is 0 Å². The van der Waals surface area contributed by atoms with E-state index in [1.54, 1.807) is 0 Å². The van der Waals surface area contributed by atoms with Crippen molar-refractivity contribution in [2.75, 3.05) is 11.9 Å². The minimum absolute atomic E-state index is 0.166. The molecule has 0 aromatic rings. The highest BCUT2D eigenvalue weighted by Gasteiger charge is 2.23. The molecule has 0 saturated carbocycles. The van der Waals surface area contributed by atoms with Crippen LogP contribution in [0, 0.1) is 0 Å². The second-order valence-electron chi connectivity index (χ2n) is 3.81. The highest BCUT2D eigenvalue weighted by atomic mass is 127. The van der Waals surface area contributed by atoms with Gasteiger partial charge < -0.3 is 4.74 Å². The Morgan fingerprint density at radius 2 is 1.31 bits per heavy atom. The lowest BCUT2D eigenvalue weighted by molar-refractivity contribution is -0.146. The molecule has 0 saturated heterocycles. The minimum Gasteiger partial charge on any atom is -0.312 e. The van der Waals surface area contributed by atoms with Gasteiger partial charge in [-0.3, -0.25) is 0 Å². The molecule has 0 unspecified atom stereocenters. The molecule has 0 aromatic carbocycles. The van der Waals surface area contributed by atoms with Crippen LogP contribution in [0.1, 0.15) is 51.4 Å². The van der Waals surface area contributed by atoms with Crippen LogP contribution >= 0.6 is 38.5 Å². The lowest BCUT2D eigenvalue weighted by atomic mass is 10.1. The zero-order valence-electron chi connectivity index (χ0n) is 9.49. The SMILES string of the molecule is FC(F)(I)OCCCCCCCCCCBr. The van der Waals surface area contributed by atoms with E-state index in [0.717, 1.165) is 47.2 Å². The number of hydrogen-bond acceptors (Lipinski definition) is 1. The summed E-state index contributed by atoms with van der Waals surface area (Å²) in [5, 5.41) is 1.09. The third kappa shape index (κ3) is 15.0. The highest BCUT2D eigenvalue weighted by Crippen LogP contribution is 2.24. The first kappa shape index (κ1) is 17.0. The van der Waals surface area contributed by atoms with E-state index in [2.05, 4.69) is 20.7 Å². The van der Waals surface area contributed by atoms with E-state index in [4.69, 9.17) is 0 Å². The summed E-state index contributed by atoms with van der Waals surface area (Å²) in [6.45, 7) is 0.166. The predicted octanol–water partition coefficient (Wildman–Crippen LogP) is 5.50. The first-order valence-electron chi connectivity index (χ1n) is 5.83. The number of halogens is 4. The number of ether oxygens (including phenoxy) is 1. The summed E-state index contributed by atoms with van der Waals surface area (Å²) in [5.74, 6) is 0. The van der Waals surface area contributed by atoms with Gasteiger partial charge in [0.2, 0.25) is 0 Å². The fourth-order valence-electron chi connectivity index (χ4n) is 1.45. The van der Waals surface area contributed by atoms with E-state index in [-0.39, 0.29) is 6.61 Å². The number of alkyl halides is 4. The molecule has 0 aliphatic heterocycles. The van der Waals surface area contributed by atoms with Crippen LogP contribution in [0.5, 0.6) is 0 Å². The van der Waals surface area contributed by atoms with Crippen molar-refractivity contribution in [1.29, 1.82) is 0 Å². The second-order valence-corrected chi connectivity index (χ2v) is 5.86. The molecule has 0 aromatic heterocycles. The highest BCUT2D eigenvalue weighted by molar-refractivity contribution is 14.1. The van der Waals surface area contributed by atoms with Crippen LogP contribution in [0.15, 0.2) is 0 Å². The van der Waals surface area contributed by atoms with Crippen LogP contribution in [-0.2, 0) is 4.74 Å². The molecule has 5 heteroatoms. The molecule has 0 aliphatic rings. The molecular formula is C11H20BrF2IO. The standard InChI is InChI=1S/C11H20BrF2IO/c12-9-7-5-3-1-2-4-6-8-10-16-11(13,14)15/h1-10H2. The van der Waals surface area contributed by atoms with E-state index in [1.165, 1.54) is 32.1 Å². The summed E-state index contributed by atoms with van der Waals surface area (Å²) >= 11 is 4.41. The van der Waals surface area contributed by atoms with Crippen molar-refractivity contribution >= 4 is 38.5 Å². The maximum Gasteiger partial charge on any atom is 0.407 e. The van der Waals surface area contributed by atoms with Crippen LogP contribution in [0.25, 0.3) is 0 Å². The van der Waals surface area contributed by atoms with E-state index >= 15 is 0 Å². The quantitative estimate of drug-likeness (QED) is 0.247. The van der Waals surface area contributed by atoms with Crippen molar-refractivity contribution in [3.8, 4) is 0 Å². The summed E-state index contributed by atoms with van der Waals surface area (Å²) in [5.41, 5.74) is 0. The van der Waals surface area contributed by atoms with Gasteiger partial charge in [-0.05, 0) is 12.8 Å². The first-order chi connectivity index (χ1) is 7.56. The number of rotatable bonds is 11. The molecule has 0 bridgehead atoms. The van der Waals surface area contributed by atoms with Crippen molar-refractivity contribution in [3.05, 3.63) is 0 Å². The van der Waals surface area contributed by atoms with Gasteiger partial charge in [0.25, 0.3) is 0 Å². The van der Waals surface area contributed by atoms with Crippen molar-refractivity contribution < 1.29 is 13.5 Å². The smallest absolute Gasteiger partial charge is 0.312 e. The van der Waals surface area contributed by atoms with E-state index < -0.39 is 4.12 Å². The molecule has 0 rings (SSSR count). The third-order valence-electron chi connectivity index (χ3n) is 2.29. The Balaban J connectivity index is 2.99. The average Bonchev–Trinajstić information content (AvgIpc) is 2.19. The minimum atomic E-state index is -2.99. The average molecular weight is 413 g/mol. The molecule has 0 N–H and O–H groups in total. The van der Waals surface area contributed by atoms with Crippen LogP contribution in [0.3, 0.4) is 0 Å². The second kappa shape index (κ2) is 11.1. The molecule has 1 nitrogen and oxygen atoms in total. The Bertz CT molecular complexity index is 153. The molecule has 0 atom stereocenters. The maximum absolute atomic E-state index is 12.2. The van der Waals surface area contributed by atoms with E-state index in [9.17, 15) is 8.78 Å².